The fourth-order valence-corrected chi connectivity index (χ4v) is 2.23. The largest absolute Gasteiger partial charge is 0.330 e. The van der Waals surface area contributed by atoms with E-state index in [2.05, 4.69) is 12.2 Å². The molecule has 0 aliphatic rings. The van der Waals surface area contributed by atoms with Crippen LogP contribution in [0.5, 0.6) is 0 Å². The molecule has 1 rings (SSSR count). The normalized spacial score (nSPS) is 12.0. The number of rotatable bonds is 8. The highest BCUT2D eigenvalue weighted by Gasteiger charge is 2.13. The summed E-state index contributed by atoms with van der Waals surface area (Å²) < 4.78 is 0. The van der Waals surface area contributed by atoms with Crippen molar-refractivity contribution in [3.8, 4) is 0 Å². The van der Waals surface area contributed by atoms with E-state index in [1.807, 2.05) is 0 Å². The van der Waals surface area contributed by atoms with Gasteiger partial charge < -0.3 is 11.1 Å². The summed E-state index contributed by atoms with van der Waals surface area (Å²) in [5, 5.41) is 13.6. The van der Waals surface area contributed by atoms with E-state index < -0.39 is 4.92 Å². The third-order valence-electron chi connectivity index (χ3n) is 3.62. The maximum Gasteiger partial charge on any atom is 0.274 e. The number of nitrogens with zero attached hydrogens (tertiary/aromatic N) is 1. The number of hydrogen-bond acceptors (Lipinski definition) is 4. The van der Waals surface area contributed by atoms with E-state index in [1.165, 1.54) is 6.07 Å². The van der Waals surface area contributed by atoms with Gasteiger partial charge in [-0.3, -0.25) is 14.9 Å². The van der Waals surface area contributed by atoms with Gasteiger partial charge >= 0.3 is 0 Å². The summed E-state index contributed by atoms with van der Waals surface area (Å²) in [4.78, 5) is 22.3. The van der Waals surface area contributed by atoms with Crippen molar-refractivity contribution < 1.29 is 9.72 Å². The molecule has 0 bridgehead atoms. The van der Waals surface area contributed by atoms with Crippen LogP contribution in [0.4, 0.5) is 11.4 Å². The molecule has 116 valence electrons. The quantitative estimate of drug-likeness (QED) is 0.568. The summed E-state index contributed by atoms with van der Waals surface area (Å²) in [6.45, 7) is 4.38. The molecule has 0 aliphatic heterocycles. The number of nitrogens with two attached hydrogens (primary N) is 1. The zero-order valence-corrected chi connectivity index (χ0v) is 12.6. The fourth-order valence-electron chi connectivity index (χ4n) is 2.23. The lowest BCUT2D eigenvalue weighted by Gasteiger charge is -2.13. The molecule has 0 saturated carbocycles. The molecule has 0 radical (unpaired) electrons. The van der Waals surface area contributed by atoms with Crippen molar-refractivity contribution in [3.63, 3.8) is 0 Å². The highest BCUT2D eigenvalue weighted by molar-refractivity contribution is 5.91. The Bertz CT molecular complexity index is 503. The molecule has 6 nitrogen and oxygen atoms in total. The van der Waals surface area contributed by atoms with Crippen LogP contribution < -0.4 is 11.1 Å². The summed E-state index contributed by atoms with van der Waals surface area (Å²) in [5.74, 6) is 0.330. The summed E-state index contributed by atoms with van der Waals surface area (Å²) in [5.41, 5.74) is 6.58. The molecule has 3 N–H and O–H groups in total. The molecule has 1 amide bonds. The number of nitro benzene ring substituents is 1. The number of hydrogen-bond donors (Lipinski definition) is 2. The van der Waals surface area contributed by atoms with Gasteiger partial charge in [-0.05, 0) is 38.3 Å². The second-order valence-corrected chi connectivity index (χ2v) is 5.20. The monoisotopic (exact) mass is 293 g/mol. The standard InChI is InChI=1S/C15H23N3O3/c1-3-12(8-9-16)5-7-15(19)17-13-6-4-11(2)14(10-13)18(20)21/h4,6,10,12H,3,5,7-9,16H2,1-2H3,(H,17,19). The van der Waals surface area contributed by atoms with Crippen LogP contribution in [0.1, 0.15) is 38.2 Å². The van der Waals surface area contributed by atoms with E-state index in [0.717, 1.165) is 19.3 Å². The van der Waals surface area contributed by atoms with Crippen molar-refractivity contribution in [3.05, 3.63) is 33.9 Å². The lowest BCUT2D eigenvalue weighted by molar-refractivity contribution is -0.385. The first-order valence-electron chi connectivity index (χ1n) is 7.22. The first-order chi connectivity index (χ1) is 9.97. The summed E-state index contributed by atoms with van der Waals surface area (Å²) >= 11 is 0. The Kier molecular flexibility index (Phi) is 6.81. The van der Waals surface area contributed by atoms with Crippen LogP contribution in [0.15, 0.2) is 18.2 Å². The van der Waals surface area contributed by atoms with Gasteiger partial charge in [0.2, 0.25) is 5.91 Å². The predicted molar refractivity (Wildman–Crippen MR) is 83.1 cm³/mol. The zero-order valence-electron chi connectivity index (χ0n) is 12.6. The molecule has 1 aromatic rings. The second kappa shape index (κ2) is 8.36. The van der Waals surface area contributed by atoms with E-state index in [0.29, 0.717) is 30.1 Å². The number of anilines is 1. The van der Waals surface area contributed by atoms with Gasteiger partial charge in [0.25, 0.3) is 5.69 Å². The molecule has 1 unspecified atom stereocenters. The van der Waals surface area contributed by atoms with Crippen LogP contribution >= 0.6 is 0 Å². The first kappa shape index (κ1) is 17.1. The molecular weight excluding hydrogens is 270 g/mol. The Morgan fingerprint density at radius 3 is 2.71 bits per heavy atom. The summed E-state index contributed by atoms with van der Waals surface area (Å²) in [6.07, 6.45) is 3.11. The van der Waals surface area contributed by atoms with Crippen molar-refractivity contribution in [2.75, 3.05) is 11.9 Å². The van der Waals surface area contributed by atoms with Crippen molar-refractivity contribution in [1.29, 1.82) is 0 Å². The van der Waals surface area contributed by atoms with E-state index in [9.17, 15) is 14.9 Å². The van der Waals surface area contributed by atoms with Crippen LogP contribution in [0.3, 0.4) is 0 Å². The van der Waals surface area contributed by atoms with Gasteiger partial charge in [0, 0.05) is 23.7 Å². The number of amides is 1. The van der Waals surface area contributed by atoms with Crippen LogP contribution in [0.2, 0.25) is 0 Å². The van der Waals surface area contributed by atoms with Crippen molar-refractivity contribution >= 4 is 17.3 Å². The molecule has 0 spiro atoms. The van der Waals surface area contributed by atoms with Crippen molar-refractivity contribution in [2.24, 2.45) is 11.7 Å². The molecule has 1 aromatic carbocycles. The van der Waals surface area contributed by atoms with E-state index >= 15 is 0 Å². The average Bonchev–Trinajstić information content (AvgIpc) is 2.45. The average molecular weight is 293 g/mol. The van der Waals surface area contributed by atoms with Gasteiger partial charge in [-0.25, -0.2) is 0 Å². The fraction of sp³-hybridized carbons (Fsp3) is 0.533. The lowest BCUT2D eigenvalue weighted by atomic mass is 9.96. The maximum absolute atomic E-state index is 11.9. The molecule has 0 aliphatic carbocycles. The number of aryl methyl sites for hydroxylation is 1. The minimum absolute atomic E-state index is 0.0161. The Hall–Kier alpha value is -1.95. The summed E-state index contributed by atoms with van der Waals surface area (Å²) in [6, 6.07) is 4.71. The van der Waals surface area contributed by atoms with Crippen molar-refractivity contribution in [2.45, 2.75) is 39.5 Å². The highest BCUT2D eigenvalue weighted by atomic mass is 16.6. The topological polar surface area (TPSA) is 98.3 Å². The molecule has 21 heavy (non-hydrogen) atoms. The SMILES string of the molecule is CCC(CCN)CCC(=O)Nc1ccc(C)c([N+](=O)[O-])c1. The molecule has 1 atom stereocenters. The van der Waals surface area contributed by atoms with Crippen LogP contribution in [0, 0.1) is 23.0 Å². The number of nitro groups is 1. The molecule has 0 fully saturated rings. The number of carbonyl (C=O) groups excluding carboxylic acids is 1. The number of benzene rings is 1. The van der Waals surface area contributed by atoms with Crippen LogP contribution in [-0.4, -0.2) is 17.4 Å². The molecule has 0 saturated heterocycles. The van der Waals surface area contributed by atoms with Gasteiger partial charge in [0.05, 0.1) is 4.92 Å². The van der Waals surface area contributed by atoms with Crippen LogP contribution in [-0.2, 0) is 4.79 Å². The molecule has 6 heteroatoms. The summed E-state index contributed by atoms with van der Waals surface area (Å²) in [7, 11) is 0. The van der Waals surface area contributed by atoms with Gasteiger partial charge in [0.1, 0.15) is 0 Å². The highest BCUT2D eigenvalue weighted by Crippen LogP contribution is 2.23. The minimum atomic E-state index is -0.445. The Balaban J connectivity index is 2.59. The molecule has 0 aromatic heterocycles. The number of carbonyl (C=O) groups is 1. The Labute approximate surface area is 124 Å². The third-order valence-corrected chi connectivity index (χ3v) is 3.62. The van der Waals surface area contributed by atoms with Crippen molar-refractivity contribution in [1.82, 2.24) is 0 Å². The second-order valence-electron chi connectivity index (χ2n) is 5.20. The van der Waals surface area contributed by atoms with Gasteiger partial charge in [-0.15, -0.1) is 0 Å². The van der Waals surface area contributed by atoms with Gasteiger partial charge in [-0.2, -0.15) is 0 Å². The van der Waals surface area contributed by atoms with E-state index in [-0.39, 0.29) is 11.6 Å². The van der Waals surface area contributed by atoms with Gasteiger partial charge in [-0.1, -0.05) is 19.4 Å². The minimum Gasteiger partial charge on any atom is -0.330 e. The Morgan fingerprint density at radius 1 is 1.43 bits per heavy atom. The zero-order chi connectivity index (χ0) is 15.8. The van der Waals surface area contributed by atoms with E-state index in [1.54, 1.807) is 19.1 Å². The molecule has 0 heterocycles. The predicted octanol–water partition coefficient (Wildman–Crippen LogP) is 3.00. The van der Waals surface area contributed by atoms with Gasteiger partial charge in [0.15, 0.2) is 0 Å². The van der Waals surface area contributed by atoms with Crippen LogP contribution in [0.25, 0.3) is 0 Å². The van der Waals surface area contributed by atoms with E-state index in [4.69, 9.17) is 5.73 Å². The first-order valence-corrected chi connectivity index (χ1v) is 7.22. The molecular formula is C15H23N3O3. The maximum atomic E-state index is 11.9. The Morgan fingerprint density at radius 2 is 2.14 bits per heavy atom. The number of nitrogens with one attached hydrogen (secondary N) is 1. The third kappa shape index (κ3) is 5.51. The smallest absolute Gasteiger partial charge is 0.274 e. The lowest BCUT2D eigenvalue weighted by Crippen LogP contribution is -2.15.